The van der Waals surface area contributed by atoms with Gasteiger partial charge in [-0.05, 0) is 61.9 Å². The van der Waals surface area contributed by atoms with E-state index in [2.05, 4.69) is 10.3 Å². The average molecular weight is 369 g/mol. The minimum absolute atomic E-state index is 0.208. The van der Waals surface area contributed by atoms with Crippen LogP contribution in [-0.4, -0.2) is 28.2 Å². The van der Waals surface area contributed by atoms with E-state index in [1.807, 2.05) is 19.9 Å². The molecule has 1 aliphatic rings. The molecule has 2 aromatic rings. The van der Waals surface area contributed by atoms with Crippen LogP contribution in [-0.2, 0) is 16.0 Å². The van der Waals surface area contributed by atoms with E-state index in [4.69, 9.17) is 0 Å². The number of nitrogens with one attached hydrogen (secondary N) is 1. The van der Waals surface area contributed by atoms with Gasteiger partial charge < -0.3 is 10.2 Å². The summed E-state index contributed by atoms with van der Waals surface area (Å²) < 4.78 is 13.2. The molecule has 1 aromatic heterocycles. The maximum atomic E-state index is 13.2. The number of halogens is 1. The fraction of sp³-hybridized carbons (Fsp3) is 0.381. The van der Waals surface area contributed by atoms with Crippen molar-refractivity contribution in [2.75, 3.05) is 11.9 Å². The number of nitrogens with zero attached hydrogens (tertiary/aromatic N) is 2. The van der Waals surface area contributed by atoms with E-state index in [-0.39, 0.29) is 11.9 Å². The first-order valence-corrected chi connectivity index (χ1v) is 9.32. The largest absolute Gasteiger partial charge is 0.327 e. The summed E-state index contributed by atoms with van der Waals surface area (Å²) >= 11 is 0. The monoisotopic (exact) mass is 369 g/mol. The van der Waals surface area contributed by atoms with Gasteiger partial charge in [-0.3, -0.25) is 14.6 Å². The number of benzene rings is 1. The quantitative estimate of drug-likeness (QED) is 0.838. The van der Waals surface area contributed by atoms with Crippen LogP contribution in [0.3, 0.4) is 0 Å². The molecule has 2 amide bonds. The van der Waals surface area contributed by atoms with E-state index in [1.165, 1.54) is 12.1 Å². The second kappa shape index (κ2) is 8.29. The number of hydrogen-bond acceptors (Lipinski definition) is 3. The molecule has 1 aliphatic heterocycles. The van der Waals surface area contributed by atoms with Gasteiger partial charge in [0.1, 0.15) is 5.82 Å². The van der Waals surface area contributed by atoms with Crippen molar-refractivity contribution in [2.24, 2.45) is 0 Å². The number of piperidine rings is 1. The van der Waals surface area contributed by atoms with Gasteiger partial charge in [-0.25, -0.2) is 4.39 Å². The van der Waals surface area contributed by atoms with E-state index in [0.29, 0.717) is 12.2 Å². The summed E-state index contributed by atoms with van der Waals surface area (Å²) in [6.07, 6.45) is 4.94. The smallest absolute Gasteiger partial charge is 0.313 e. The second-order valence-electron chi connectivity index (χ2n) is 6.84. The van der Waals surface area contributed by atoms with Gasteiger partial charge in [-0.15, -0.1) is 0 Å². The Hall–Kier alpha value is -2.76. The van der Waals surface area contributed by atoms with Crippen molar-refractivity contribution in [2.45, 2.75) is 45.6 Å². The van der Waals surface area contributed by atoms with E-state index in [1.54, 1.807) is 23.2 Å². The van der Waals surface area contributed by atoms with E-state index in [0.717, 1.165) is 42.5 Å². The first-order valence-electron chi connectivity index (χ1n) is 9.32. The Morgan fingerprint density at radius 1 is 1.26 bits per heavy atom. The van der Waals surface area contributed by atoms with Crippen molar-refractivity contribution in [3.05, 3.63) is 59.2 Å². The predicted octanol–water partition coefficient (Wildman–Crippen LogP) is 3.78. The Labute approximate surface area is 158 Å². The van der Waals surface area contributed by atoms with E-state index >= 15 is 0 Å². The molecule has 1 N–H and O–H groups in total. The molecule has 0 unspecified atom stereocenters. The molecule has 3 rings (SSSR count). The predicted molar refractivity (Wildman–Crippen MR) is 102 cm³/mol. The molecule has 0 radical (unpaired) electrons. The Kier molecular flexibility index (Phi) is 5.84. The minimum Gasteiger partial charge on any atom is -0.327 e. The molecule has 142 valence electrons. The van der Waals surface area contributed by atoms with Crippen LogP contribution in [0.5, 0.6) is 0 Å². The highest BCUT2D eigenvalue weighted by molar-refractivity contribution is 6.39. The number of hydrogen-bond donors (Lipinski definition) is 1. The number of aromatic nitrogens is 1. The van der Waals surface area contributed by atoms with Gasteiger partial charge >= 0.3 is 11.8 Å². The van der Waals surface area contributed by atoms with Crippen LogP contribution < -0.4 is 5.32 Å². The van der Waals surface area contributed by atoms with Gasteiger partial charge in [-0.2, -0.15) is 0 Å². The van der Waals surface area contributed by atoms with Gasteiger partial charge in [0, 0.05) is 12.2 Å². The van der Waals surface area contributed by atoms with Crippen molar-refractivity contribution in [3.63, 3.8) is 0 Å². The first-order chi connectivity index (χ1) is 13.0. The summed E-state index contributed by atoms with van der Waals surface area (Å²) in [4.78, 5) is 31.2. The summed E-state index contributed by atoms with van der Waals surface area (Å²) in [5.74, 6) is -1.55. The first kappa shape index (κ1) is 19.0. The lowest BCUT2D eigenvalue weighted by molar-refractivity contribution is -0.145. The zero-order valence-corrected chi connectivity index (χ0v) is 15.7. The number of rotatable bonds is 3. The van der Waals surface area contributed by atoms with Gasteiger partial charge in [0.05, 0.1) is 17.9 Å². The zero-order chi connectivity index (χ0) is 19.4. The average Bonchev–Trinajstić information content (AvgIpc) is 2.69. The molecule has 6 heteroatoms. The normalized spacial score (nSPS) is 16.9. The third kappa shape index (κ3) is 4.32. The van der Waals surface area contributed by atoms with Crippen molar-refractivity contribution < 1.29 is 14.0 Å². The number of carbonyl (C=O) groups excluding carboxylic acids is 2. The highest BCUT2D eigenvalue weighted by Crippen LogP contribution is 2.31. The van der Waals surface area contributed by atoms with Gasteiger partial charge in [0.2, 0.25) is 0 Å². The van der Waals surface area contributed by atoms with Crippen LogP contribution in [0.2, 0.25) is 0 Å². The van der Waals surface area contributed by atoms with Crippen molar-refractivity contribution >= 4 is 17.5 Å². The third-order valence-electron chi connectivity index (χ3n) is 5.04. The lowest BCUT2D eigenvalue weighted by Gasteiger charge is -2.35. The van der Waals surface area contributed by atoms with Crippen LogP contribution in [0, 0.1) is 12.7 Å². The molecule has 0 bridgehead atoms. The summed E-state index contributed by atoms with van der Waals surface area (Å²) in [5.41, 5.74) is 3.31. The minimum atomic E-state index is -0.670. The van der Waals surface area contributed by atoms with Crippen LogP contribution in [0.25, 0.3) is 0 Å². The lowest BCUT2D eigenvalue weighted by Crippen LogP contribution is -2.44. The number of likely N-dealkylation sites (tertiary alicyclic amines) is 1. The standard InChI is InChI=1S/C21H24FN3O2/c1-3-15-12-18(13-23-14(15)2)24-20(26)21(27)25-11-5-4-6-19(25)16-7-9-17(22)10-8-16/h7-10,12-13,19H,3-6,11H2,1-2H3,(H,24,26)/t19-/m0/s1. The molecule has 1 fully saturated rings. The maximum Gasteiger partial charge on any atom is 0.313 e. The van der Waals surface area contributed by atoms with Crippen LogP contribution >= 0.6 is 0 Å². The zero-order valence-electron chi connectivity index (χ0n) is 15.7. The molecule has 2 heterocycles. The fourth-order valence-corrected chi connectivity index (χ4v) is 3.53. The van der Waals surface area contributed by atoms with Crippen molar-refractivity contribution in [1.82, 2.24) is 9.88 Å². The summed E-state index contributed by atoms with van der Waals surface area (Å²) in [6.45, 7) is 4.44. The van der Waals surface area contributed by atoms with Gasteiger partial charge in [0.15, 0.2) is 0 Å². The lowest BCUT2D eigenvalue weighted by atomic mass is 9.95. The third-order valence-corrected chi connectivity index (χ3v) is 5.04. The van der Waals surface area contributed by atoms with Crippen LogP contribution in [0.4, 0.5) is 10.1 Å². The Morgan fingerprint density at radius 2 is 2.00 bits per heavy atom. The highest BCUT2D eigenvalue weighted by Gasteiger charge is 2.31. The molecule has 1 atom stereocenters. The number of aryl methyl sites for hydroxylation is 2. The molecule has 1 saturated heterocycles. The number of anilines is 1. The van der Waals surface area contributed by atoms with Crippen molar-refractivity contribution in [3.8, 4) is 0 Å². The van der Waals surface area contributed by atoms with Gasteiger partial charge in [0.25, 0.3) is 0 Å². The number of pyridine rings is 1. The topological polar surface area (TPSA) is 62.3 Å². The molecule has 1 aromatic carbocycles. The van der Waals surface area contributed by atoms with E-state index in [9.17, 15) is 14.0 Å². The summed E-state index contributed by atoms with van der Waals surface area (Å²) in [6, 6.07) is 7.77. The van der Waals surface area contributed by atoms with Crippen LogP contribution in [0.1, 0.15) is 49.0 Å². The molecule has 0 saturated carbocycles. The summed E-state index contributed by atoms with van der Waals surface area (Å²) in [5, 5.41) is 2.67. The molecule has 5 nitrogen and oxygen atoms in total. The number of carbonyl (C=O) groups is 2. The fourth-order valence-electron chi connectivity index (χ4n) is 3.53. The molecule has 0 aliphatic carbocycles. The molecule has 27 heavy (non-hydrogen) atoms. The Balaban J connectivity index is 1.76. The van der Waals surface area contributed by atoms with Crippen molar-refractivity contribution in [1.29, 1.82) is 0 Å². The molecular weight excluding hydrogens is 345 g/mol. The Morgan fingerprint density at radius 3 is 2.70 bits per heavy atom. The molecular formula is C21H24FN3O2. The number of amides is 2. The Bertz CT molecular complexity index is 836. The maximum absolute atomic E-state index is 13.2. The highest BCUT2D eigenvalue weighted by atomic mass is 19.1. The SMILES string of the molecule is CCc1cc(NC(=O)C(=O)N2CCCC[C@H]2c2ccc(F)cc2)cnc1C. The molecule has 0 spiro atoms. The second-order valence-corrected chi connectivity index (χ2v) is 6.84. The summed E-state index contributed by atoms with van der Waals surface area (Å²) in [7, 11) is 0. The van der Waals surface area contributed by atoms with Crippen LogP contribution in [0.15, 0.2) is 36.5 Å². The van der Waals surface area contributed by atoms with Gasteiger partial charge in [-0.1, -0.05) is 19.1 Å². The van der Waals surface area contributed by atoms with E-state index < -0.39 is 11.8 Å².